The molecule has 0 spiro atoms. The topological polar surface area (TPSA) is 12.4 Å². The Kier molecular flexibility index (Phi) is 6.37. The second-order valence-electron chi connectivity index (χ2n) is 7.46. The zero-order chi connectivity index (χ0) is 20.2. The number of rotatable bonds is 6. The van der Waals surface area contributed by atoms with Gasteiger partial charge in [0, 0.05) is 29.0 Å². The summed E-state index contributed by atoms with van der Waals surface area (Å²) in [5.74, 6) is 1.48. The van der Waals surface area contributed by atoms with Gasteiger partial charge in [-0.3, -0.25) is 4.99 Å². The number of fused-ring (bicyclic) bond motifs is 1. The van der Waals surface area contributed by atoms with E-state index in [1.54, 1.807) is 0 Å². The molecule has 0 aliphatic heterocycles. The minimum Gasteiger partial charge on any atom is -0.292 e. The molecule has 0 radical (unpaired) electrons. The maximum Gasteiger partial charge on any atom is 0.0701 e. The molecule has 0 saturated heterocycles. The first-order valence-corrected chi connectivity index (χ1v) is 12.0. The zero-order valence-electron chi connectivity index (χ0n) is 17.2. The van der Waals surface area contributed by atoms with Crippen molar-refractivity contribution in [2.24, 2.45) is 4.99 Å². The summed E-state index contributed by atoms with van der Waals surface area (Å²) in [5.41, 5.74) is 8.26. The van der Waals surface area contributed by atoms with Crippen LogP contribution in [0.2, 0.25) is 0 Å². The third kappa shape index (κ3) is 4.26. The van der Waals surface area contributed by atoms with Crippen LogP contribution in [-0.4, -0.2) is 12.8 Å². The molecule has 3 heteroatoms. The molecule has 0 fully saturated rings. The van der Waals surface area contributed by atoms with Gasteiger partial charge in [0.1, 0.15) is 0 Å². The highest BCUT2D eigenvalue weighted by Crippen LogP contribution is 2.45. The molecule has 1 heterocycles. The molecule has 1 aromatic heterocycles. The SMILES string of the molecule is C=Cc1sc(SCc2ccccc2)c2c1CC(c1ccc(CC)cc1)CC2=NC. The highest BCUT2D eigenvalue weighted by atomic mass is 32.2. The number of aryl methyl sites for hydroxylation is 1. The van der Waals surface area contributed by atoms with E-state index in [1.807, 2.05) is 36.2 Å². The number of thioether (sulfide) groups is 1. The Bertz CT molecular complexity index is 1010. The molecule has 1 aliphatic carbocycles. The molecule has 0 saturated carbocycles. The highest BCUT2D eigenvalue weighted by Gasteiger charge is 2.30. The summed E-state index contributed by atoms with van der Waals surface area (Å²) < 4.78 is 1.39. The first kappa shape index (κ1) is 20.2. The molecule has 0 bridgehead atoms. The summed E-state index contributed by atoms with van der Waals surface area (Å²) >= 11 is 3.82. The summed E-state index contributed by atoms with van der Waals surface area (Å²) in [7, 11) is 1.94. The van der Waals surface area contributed by atoms with E-state index in [0.29, 0.717) is 5.92 Å². The first-order chi connectivity index (χ1) is 14.2. The van der Waals surface area contributed by atoms with Crippen LogP contribution < -0.4 is 0 Å². The number of nitrogens with zero attached hydrogens (tertiary/aromatic N) is 1. The summed E-state index contributed by atoms with van der Waals surface area (Å²) in [4.78, 5) is 6.05. The fraction of sp³-hybridized carbons (Fsp3) is 0.269. The van der Waals surface area contributed by atoms with Crippen LogP contribution in [0.1, 0.15) is 52.0 Å². The van der Waals surface area contributed by atoms with Gasteiger partial charge in [0.2, 0.25) is 0 Å². The van der Waals surface area contributed by atoms with E-state index in [4.69, 9.17) is 4.99 Å². The van der Waals surface area contributed by atoms with Crippen LogP contribution in [0.3, 0.4) is 0 Å². The minimum atomic E-state index is 0.493. The van der Waals surface area contributed by atoms with Crippen LogP contribution in [-0.2, 0) is 18.6 Å². The van der Waals surface area contributed by atoms with Crippen molar-refractivity contribution in [2.45, 2.75) is 42.1 Å². The molecule has 0 N–H and O–H groups in total. The van der Waals surface area contributed by atoms with E-state index in [1.165, 1.54) is 42.6 Å². The average molecular weight is 418 g/mol. The fourth-order valence-corrected chi connectivity index (χ4v) is 6.55. The van der Waals surface area contributed by atoms with Gasteiger partial charge < -0.3 is 0 Å². The van der Waals surface area contributed by atoms with Gasteiger partial charge in [-0.25, -0.2) is 0 Å². The molecule has 3 aromatic rings. The van der Waals surface area contributed by atoms with Crippen LogP contribution in [0.4, 0.5) is 0 Å². The highest BCUT2D eigenvalue weighted by molar-refractivity contribution is 8.00. The van der Waals surface area contributed by atoms with Gasteiger partial charge in [-0.1, -0.05) is 74.2 Å². The van der Waals surface area contributed by atoms with Crippen molar-refractivity contribution in [1.82, 2.24) is 0 Å². The van der Waals surface area contributed by atoms with E-state index in [9.17, 15) is 0 Å². The van der Waals surface area contributed by atoms with Crippen LogP contribution in [0, 0.1) is 0 Å². The van der Waals surface area contributed by atoms with Gasteiger partial charge in [0.15, 0.2) is 0 Å². The second kappa shape index (κ2) is 9.15. The molecule has 29 heavy (non-hydrogen) atoms. The number of hydrogen-bond donors (Lipinski definition) is 0. The predicted octanol–water partition coefficient (Wildman–Crippen LogP) is 7.39. The lowest BCUT2D eigenvalue weighted by Gasteiger charge is -2.26. The Labute approximate surface area is 182 Å². The molecule has 148 valence electrons. The summed E-state index contributed by atoms with van der Waals surface area (Å²) in [5, 5.41) is 0. The van der Waals surface area contributed by atoms with Gasteiger partial charge in [-0.2, -0.15) is 0 Å². The lowest BCUT2D eigenvalue weighted by molar-refractivity contribution is 0.695. The van der Waals surface area contributed by atoms with Gasteiger partial charge >= 0.3 is 0 Å². The predicted molar refractivity (Wildman–Crippen MR) is 130 cm³/mol. The van der Waals surface area contributed by atoms with Crippen molar-refractivity contribution < 1.29 is 0 Å². The Morgan fingerprint density at radius 2 is 1.83 bits per heavy atom. The molecule has 1 unspecified atom stereocenters. The number of aliphatic imine (C=N–C) groups is 1. The van der Waals surface area contributed by atoms with Crippen molar-refractivity contribution in [3.63, 3.8) is 0 Å². The largest absolute Gasteiger partial charge is 0.292 e. The van der Waals surface area contributed by atoms with E-state index < -0.39 is 0 Å². The molecule has 4 rings (SSSR count). The normalized spacial score (nSPS) is 17.3. The standard InChI is InChI=1S/C26H27NS2/c1-4-18-11-13-20(14-12-18)21-15-22-24(5-2)29-26(25(22)23(16-21)27-3)28-17-19-9-7-6-8-10-19/h5-14,21H,2,4,15-17H2,1,3H3. The van der Waals surface area contributed by atoms with Crippen molar-refractivity contribution in [3.8, 4) is 0 Å². The number of benzene rings is 2. The van der Waals surface area contributed by atoms with E-state index >= 15 is 0 Å². The summed E-state index contributed by atoms with van der Waals surface area (Å²) in [6.07, 6.45) is 5.21. The van der Waals surface area contributed by atoms with Gasteiger partial charge in [0.25, 0.3) is 0 Å². The maximum atomic E-state index is 4.74. The maximum absolute atomic E-state index is 4.74. The van der Waals surface area contributed by atoms with E-state index in [-0.39, 0.29) is 0 Å². The Balaban J connectivity index is 1.65. The molecule has 2 aromatic carbocycles. The molecule has 1 aliphatic rings. The van der Waals surface area contributed by atoms with Crippen LogP contribution in [0.25, 0.3) is 6.08 Å². The van der Waals surface area contributed by atoms with E-state index in [0.717, 1.165) is 25.0 Å². The monoisotopic (exact) mass is 417 g/mol. The van der Waals surface area contributed by atoms with Crippen molar-refractivity contribution in [1.29, 1.82) is 0 Å². The Morgan fingerprint density at radius 1 is 1.07 bits per heavy atom. The summed E-state index contributed by atoms with van der Waals surface area (Å²) in [6.45, 7) is 6.31. The molecular weight excluding hydrogens is 390 g/mol. The quantitative estimate of drug-likeness (QED) is 0.381. The van der Waals surface area contributed by atoms with Crippen molar-refractivity contribution in [3.05, 3.63) is 93.9 Å². The van der Waals surface area contributed by atoms with E-state index in [2.05, 4.69) is 68.1 Å². The van der Waals surface area contributed by atoms with Gasteiger partial charge in [-0.05, 0) is 47.4 Å². The molecular formula is C26H27NS2. The van der Waals surface area contributed by atoms with Crippen LogP contribution in [0.5, 0.6) is 0 Å². The smallest absolute Gasteiger partial charge is 0.0701 e. The third-order valence-corrected chi connectivity index (χ3v) is 8.28. The minimum absolute atomic E-state index is 0.493. The zero-order valence-corrected chi connectivity index (χ0v) is 18.8. The molecule has 1 atom stereocenters. The molecule has 1 nitrogen and oxygen atoms in total. The van der Waals surface area contributed by atoms with Crippen LogP contribution in [0.15, 0.2) is 70.4 Å². The first-order valence-electron chi connectivity index (χ1n) is 10.2. The Hall–Kier alpha value is -2.10. The number of hydrogen-bond acceptors (Lipinski definition) is 3. The van der Waals surface area contributed by atoms with Gasteiger partial charge in [0.05, 0.1) is 4.21 Å². The van der Waals surface area contributed by atoms with Crippen molar-refractivity contribution >= 4 is 34.9 Å². The second-order valence-corrected chi connectivity index (χ2v) is 9.75. The van der Waals surface area contributed by atoms with Crippen molar-refractivity contribution in [2.75, 3.05) is 7.05 Å². The lowest BCUT2D eigenvalue weighted by atomic mass is 9.79. The third-order valence-electron chi connectivity index (χ3n) is 5.71. The summed E-state index contributed by atoms with van der Waals surface area (Å²) in [6, 6.07) is 19.9. The lowest BCUT2D eigenvalue weighted by Crippen LogP contribution is -2.19. The van der Waals surface area contributed by atoms with Crippen LogP contribution >= 0.6 is 23.1 Å². The molecule has 0 amide bonds. The Morgan fingerprint density at radius 3 is 2.48 bits per heavy atom. The van der Waals surface area contributed by atoms with Gasteiger partial charge in [-0.15, -0.1) is 23.1 Å². The number of thiophene rings is 1. The average Bonchev–Trinajstić information content (AvgIpc) is 3.15. The fourth-order valence-electron chi connectivity index (χ4n) is 4.06.